The van der Waals surface area contributed by atoms with Crippen molar-refractivity contribution in [3.8, 4) is 0 Å². The zero-order valence-electron chi connectivity index (χ0n) is 16.4. The van der Waals surface area contributed by atoms with Gasteiger partial charge in [0.25, 0.3) is 0 Å². The number of aryl methyl sites for hydroxylation is 2. The summed E-state index contributed by atoms with van der Waals surface area (Å²) in [5.74, 6) is 0.139. The predicted molar refractivity (Wildman–Crippen MR) is 107 cm³/mol. The first-order chi connectivity index (χ1) is 13.1. The predicted octanol–water partition coefficient (Wildman–Crippen LogP) is 2.34. The Labute approximate surface area is 160 Å². The minimum Gasteiger partial charge on any atom is -0.343 e. The van der Waals surface area contributed by atoms with Crippen molar-refractivity contribution in [3.05, 3.63) is 34.7 Å². The van der Waals surface area contributed by atoms with Gasteiger partial charge in [0.1, 0.15) is 0 Å². The van der Waals surface area contributed by atoms with E-state index in [9.17, 15) is 9.59 Å². The van der Waals surface area contributed by atoms with Crippen molar-refractivity contribution in [2.75, 3.05) is 7.05 Å². The number of imidazole rings is 1. The first-order valence-electron chi connectivity index (χ1n) is 10.3. The number of rotatable bonds is 6. The topological polar surface area (TPSA) is 59.3 Å². The molecule has 6 heteroatoms. The monoisotopic (exact) mass is 370 g/mol. The number of nitrogens with zero attached hydrogens (tertiary/aromatic N) is 3. The van der Waals surface area contributed by atoms with Gasteiger partial charge in [-0.05, 0) is 44.2 Å². The molecule has 1 amide bonds. The molecule has 27 heavy (non-hydrogen) atoms. The van der Waals surface area contributed by atoms with Gasteiger partial charge in [-0.15, -0.1) is 0 Å². The van der Waals surface area contributed by atoms with Crippen LogP contribution < -0.4 is 11.0 Å². The van der Waals surface area contributed by atoms with Crippen molar-refractivity contribution in [3.63, 3.8) is 0 Å². The Balaban J connectivity index is 1.47. The Hall–Kier alpha value is -2.08. The van der Waals surface area contributed by atoms with Gasteiger partial charge in [-0.1, -0.05) is 19.1 Å². The van der Waals surface area contributed by atoms with E-state index in [0.29, 0.717) is 37.6 Å². The van der Waals surface area contributed by atoms with E-state index in [0.717, 1.165) is 30.3 Å². The Bertz CT molecular complexity index is 872. The fourth-order valence-corrected chi connectivity index (χ4v) is 4.86. The maximum atomic E-state index is 12.8. The summed E-state index contributed by atoms with van der Waals surface area (Å²) in [6.07, 6.45) is 5.84. The second-order valence-electron chi connectivity index (χ2n) is 8.09. The molecule has 2 aromatic rings. The van der Waals surface area contributed by atoms with Crippen LogP contribution in [0.5, 0.6) is 0 Å². The van der Waals surface area contributed by atoms with Gasteiger partial charge in [-0.2, -0.15) is 0 Å². The standard InChI is InChI=1S/C21H30N4O2/c1-3-11-24-18-6-4-5-7-19(18)25(21(24)27)12-10-20(26)23(2)17-13-15-8-9-16(14-17)22-15/h4-7,15-17,22H,3,8-14H2,1-2H3. The van der Waals surface area contributed by atoms with Crippen molar-refractivity contribution < 1.29 is 4.79 Å². The highest BCUT2D eigenvalue weighted by Crippen LogP contribution is 2.29. The van der Waals surface area contributed by atoms with Crippen LogP contribution in [-0.4, -0.2) is 45.1 Å². The average Bonchev–Trinajstić information content (AvgIpc) is 3.16. The number of benzene rings is 1. The summed E-state index contributed by atoms with van der Waals surface area (Å²) >= 11 is 0. The lowest BCUT2D eigenvalue weighted by Crippen LogP contribution is -2.48. The van der Waals surface area contributed by atoms with E-state index in [2.05, 4.69) is 12.2 Å². The first kappa shape index (κ1) is 18.3. The number of piperidine rings is 1. The van der Waals surface area contributed by atoms with Crippen LogP contribution in [0.25, 0.3) is 11.0 Å². The van der Waals surface area contributed by atoms with Gasteiger partial charge in [0, 0.05) is 44.7 Å². The normalized spacial score (nSPS) is 24.4. The Morgan fingerprint density at radius 1 is 1.11 bits per heavy atom. The lowest BCUT2D eigenvalue weighted by atomic mass is 9.98. The maximum absolute atomic E-state index is 12.8. The molecule has 0 aliphatic carbocycles. The molecule has 0 radical (unpaired) electrons. The number of carbonyl (C=O) groups excluding carboxylic acids is 1. The highest BCUT2D eigenvalue weighted by atomic mass is 16.2. The third kappa shape index (κ3) is 3.43. The number of amides is 1. The largest absolute Gasteiger partial charge is 0.343 e. The van der Waals surface area contributed by atoms with Gasteiger partial charge in [-0.25, -0.2) is 4.79 Å². The fraction of sp³-hybridized carbons (Fsp3) is 0.619. The molecule has 2 saturated heterocycles. The minimum absolute atomic E-state index is 0.00610. The van der Waals surface area contributed by atoms with Crippen LogP contribution in [0.4, 0.5) is 0 Å². The minimum atomic E-state index is -0.00610. The number of nitrogens with one attached hydrogen (secondary N) is 1. The molecule has 0 saturated carbocycles. The van der Waals surface area contributed by atoms with Gasteiger partial charge >= 0.3 is 5.69 Å². The number of aromatic nitrogens is 2. The Morgan fingerprint density at radius 3 is 2.30 bits per heavy atom. The van der Waals surface area contributed by atoms with Gasteiger partial charge < -0.3 is 10.2 Å². The highest BCUT2D eigenvalue weighted by molar-refractivity contribution is 5.78. The highest BCUT2D eigenvalue weighted by Gasteiger charge is 2.36. The second-order valence-corrected chi connectivity index (χ2v) is 8.09. The number of para-hydroxylation sites is 2. The van der Waals surface area contributed by atoms with Gasteiger partial charge in [0.05, 0.1) is 11.0 Å². The molecule has 146 valence electrons. The third-order valence-corrected chi connectivity index (χ3v) is 6.31. The quantitative estimate of drug-likeness (QED) is 0.849. The molecule has 2 atom stereocenters. The van der Waals surface area contributed by atoms with Crippen molar-refractivity contribution >= 4 is 16.9 Å². The molecule has 6 nitrogen and oxygen atoms in total. The lowest BCUT2D eigenvalue weighted by Gasteiger charge is -2.35. The molecule has 0 spiro atoms. The summed E-state index contributed by atoms with van der Waals surface area (Å²) in [4.78, 5) is 27.6. The van der Waals surface area contributed by atoms with Crippen LogP contribution in [-0.2, 0) is 17.9 Å². The molecule has 2 aliphatic heterocycles. The van der Waals surface area contributed by atoms with E-state index in [1.54, 1.807) is 4.57 Å². The average molecular weight is 370 g/mol. The SMILES string of the molecule is CCCn1c(=O)n(CCC(=O)N(C)C2CC3CCC(C2)N3)c2ccccc21. The van der Waals surface area contributed by atoms with Crippen molar-refractivity contribution in [1.29, 1.82) is 0 Å². The van der Waals surface area contributed by atoms with Crippen LogP contribution in [0.2, 0.25) is 0 Å². The van der Waals surface area contributed by atoms with Crippen LogP contribution in [0.1, 0.15) is 45.4 Å². The van der Waals surface area contributed by atoms with Crippen molar-refractivity contribution in [2.24, 2.45) is 0 Å². The molecule has 1 aromatic carbocycles. The smallest absolute Gasteiger partial charge is 0.329 e. The number of carbonyl (C=O) groups is 1. The summed E-state index contributed by atoms with van der Waals surface area (Å²) < 4.78 is 3.59. The summed E-state index contributed by atoms with van der Waals surface area (Å²) in [6.45, 7) is 3.22. The number of hydrogen-bond acceptors (Lipinski definition) is 3. The zero-order chi connectivity index (χ0) is 19.0. The van der Waals surface area contributed by atoms with Gasteiger partial charge in [0.2, 0.25) is 5.91 Å². The molecular formula is C21H30N4O2. The summed E-state index contributed by atoms with van der Waals surface area (Å²) in [5, 5.41) is 3.63. The van der Waals surface area contributed by atoms with Crippen LogP contribution in [0.15, 0.2) is 29.1 Å². The van der Waals surface area contributed by atoms with Crippen LogP contribution in [0, 0.1) is 0 Å². The summed E-state index contributed by atoms with van der Waals surface area (Å²) in [7, 11) is 1.93. The molecule has 4 rings (SSSR count). The Morgan fingerprint density at radius 2 is 1.70 bits per heavy atom. The van der Waals surface area contributed by atoms with Gasteiger partial charge in [-0.3, -0.25) is 13.9 Å². The number of fused-ring (bicyclic) bond motifs is 3. The molecule has 2 bridgehead atoms. The third-order valence-electron chi connectivity index (χ3n) is 6.31. The van der Waals surface area contributed by atoms with E-state index in [-0.39, 0.29) is 11.6 Å². The summed E-state index contributed by atoms with van der Waals surface area (Å²) in [6, 6.07) is 9.34. The molecule has 1 N–H and O–H groups in total. The van der Waals surface area contributed by atoms with E-state index in [4.69, 9.17) is 0 Å². The Kier molecular flexibility index (Phi) is 5.08. The maximum Gasteiger partial charge on any atom is 0.329 e. The zero-order valence-corrected chi connectivity index (χ0v) is 16.4. The molecule has 2 fully saturated rings. The molecule has 1 aromatic heterocycles. The van der Waals surface area contributed by atoms with E-state index in [1.165, 1.54) is 12.8 Å². The summed E-state index contributed by atoms with van der Waals surface area (Å²) in [5.41, 5.74) is 1.87. The number of hydrogen-bond donors (Lipinski definition) is 1. The molecule has 2 aliphatic rings. The molecular weight excluding hydrogens is 340 g/mol. The first-order valence-corrected chi connectivity index (χ1v) is 10.3. The van der Waals surface area contributed by atoms with Crippen molar-refractivity contribution in [2.45, 2.75) is 76.7 Å². The van der Waals surface area contributed by atoms with E-state index < -0.39 is 0 Å². The van der Waals surface area contributed by atoms with E-state index in [1.807, 2.05) is 40.8 Å². The fourth-order valence-electron chi connectivity index (χ4n) is 4.86. The van der Waals surface area contributed by atoms with Crippen LogP contribution >= 0.6 is 0 Å². The van der Waals surface area contributed by atoms with E-state index >= 15 is 0 Å². The van der Waals surface area contributed by atoms with Crippen LogP contribution in [0.3, 0.4) is 0 Å². The molecule has 3 heterocycles. The lowest BCUT2D eigenvalue weighted by molar-refractivity contribution is -0.132. The second kappa shape index (κ2) is 7.50. The van der Waals surface area contributed by atoms with Gasteiger partial charge in [0.15, 0.2) is 0 Å². The molecule has 2 unspecified atom stereocenters. The van der Waals surface area contributed by atoms with Crippen molar-refractivity contribution in [1.82, 2.24) is 19.4 Å².